The van der Waals surface area contributed by atoms with E-state index in [1.165, 1.54) is 17.8 Å². The van der Waals surface area contributed by atoms with Gasteiger partial charge in [-0.15, -0.1) is 10.2 Å². The Morgan fingerprint density at radius 2 is 2.00 bits per heavy atom. The van der Waals surface area contributed by atoms with Crippen molar-refractivity contribution < 1.29 is 13.9 Å². The third-order valence-electron chi connectivity index (χ3n) is 4.39. The van der Waals surface area contributed by atoms with Gasteiger partial charge in [0, 0.05) is 6.54 Å². The fourth-order valence-corrected chi connectivity index (χ4v) is 3.79. The third kappa shape index (κ3) is 6.55. The first-order valence-corrected chi connectivity index (χ1v) is 11.2. The number of hydrogen-bond donors (Lipinski definition) is 1. The number of halogens is 1. The van der Waals surface area contributed by atoms with Crippen molar-refractivity contribution in [2.24, 2.45) is 5.92 Å². The summed E-state index contributed by atoms with van der Waals surface area (Å²) in [5.41, 5.74) is 1.53. The highest BCUT2D eigenvalue weighted by Crippen LogP contribution is 2.26. The number of nitrogens with zero attached hydrogens (tertiary/aromatic N) is 3. The summed E-state index contributed by atoms with van der Waals surface area (Å²) in [6.45, 7) is 7.57. The fraction of sp³-hybridized carbons (Fsp3) is 0.348. The van der Waals surface area contributed by atoms with Crippen LogP contribution in [-0.4, -0.2) is 39.6 Å². The molecule has 0 aliphatic heterocycles. The predicted octanol–water partition coefficient (Wildman–Crippen LogP) is 4.34. The molecule has 0 fully saturated rings. The van der Waals surface area contributed by atoms with E-state index in [2.05, 4.69) is 29.4 Å². The van der Waals surface area contributed by atoms with Crippen LogP contribution in [0.5, 0.6) is 5.75 Å². The first-order valence-electron chi connectivity index (χ1n) is 10.2. The minimum Gasteiger partial charge on any atom is -0.492 e. The maximum atomic E-state index is 14.3. The Labute approximate surface area is 186 Å². The standard InChI is InChI=1S/C23H27FN4O2S/c1-16(2)14-28-22(19-9-4-5-10-20(19)24)26-27-23(28)31-15-21(29)25-11-12-30-18-8-6-7-17(3)13-18/h4-10,13,16H,11-12,14-15H2,1-3H3,(H,25,29). The van der Waals surface area contributed by atoms with Crippen LogP contribution in [0.3, 0.4) is 0 Å². The van der Waals surface area contributed by atoms with Gasteiger partial charge in [-0.1, -0.05) is 49.9 Å². The van der Waals surface area contributed by atoms with E-state index < -0.39 is 0 Å². The smallest absolute Gasteiger partial charge is 0.230 e. The molecule has 2 aromatic carbocycles. The average molecular weight is 443 g/mol. The number of aryl methyl sites for hydroxylation is 1. The van der Waals surface area contributed by atoms with Crippen molar-refractivity contribution in [3.05, 3.63) is 59.9 Å². The van der Waals surface area contributed by atoms with Gasteiger partial charge < -0.3 is 14.6 Å². The molecule has 0 saturated carbocycles. The zero-order valence-electron chi connectivity index (χ0n) is 18.0. The molecule has 0 aliphatic carbocycles. The van der Waals surface area contributed by atoms with Gasteiger partial charge in [0.25, 0.3) is 0 Å². The maximum Gasteiger partial charge on any atom is 0.230 e. The second-order valence-corrected chi connectivity index (χ2v) is 8.54. The van der Waals surface area contributed by atoms with Crippen LogP contribution in [0.25, 0.3) is 11.4 Å². The lowest BCUT2D eigenvalue weighted by Crippen LogP contribution is -2.29. The van der Waals surface area contributed by atoms with Crippen LogP contribution < -0.4 is 10.1 Å². The lowest BCUT2D eigenvalue weighted by Gasteiger charge is -2.13. The van der Waals surface area contributed by atoms with Crippen molar-refractivity contribution in [2.75, 3.05) is 18.9 Å². The van der Waals surface area contributed by atoms with Crippen molar-refractivity contribution in [3.8, 4) is 17.1 Å². The van der Waals surface area contributed by atoms with Crippen LogP contribution in [0.2, 0.25) is 0 Å². The van der Waals surface area contributed by atoms with Gasteiger partial charge in [0.15, 0.2) is 11.0 Å². The van der Waals surface area contributed by atoms with E-state index in [0.29, 0.717) is 42.2 Å². The Morgan fingerprint density at radius 1 is 1.19 bits per heavy atom. The Kier molecular flexibility index (Phi) is 8.06. The number of thioether (sulfide) groups is 1. The molecule has 1 amide bonds. The van der Waals surface area contributed by atoms with E-state index in [1.54, 1.807) is 18.2 Å². The normalized spacial score (nSPS) is 11.0. The quantitative estimate of drug-likeness (QED) is 0.374. The Hall–Kier alpha value is -2.87. The van der Waals surface area contributed by atoms with Gasteiger partial charge in [0.1, 0.15) is 18.2 Å². The SMILES string of the molecule is Cc1cccc(OCCNC(=O)CSc2nnc(-c3ccccc3F)n2CC(C)C)c1. The van der Waals surface area contributed by atoms with Gasteiger partial charge in [0.05, 0.1) is 17.9 Å². The molecule has 0 aliphatic rings. The molecule has 6 nitrogen and oxygen atoms in total. The highest BCUT2D eigenvalue weighted by Gasteiger charge is 2.18. The molecule has 31 heavy (non-hydrogen) atoms. The second-order valence-electron chi connectivity index (χ2n) is 7.59. The summed E-state index contributed by atoms with van der Waals surface area (Å²) in [7, 11) is 0. The van der Waals surface area contributed by atoms with Crippen LogP contribution >= 0.6 is 11.8 Å². The molecule has 3 rings (SSSR count). The summed E-state index contributed by atoms with van der Waals surface area (Å²) in [4.78, 5) is 12.2. The molecule has 3 aromatic rings. The number of benzene rings is 2. The van der Waals surface area contributed by atoms with Gasteiger partial charge >= 0.3 is 0 Å². The van der Waals surface area contributed by atoms with Gasteiger partial charge in [-0.25, -0.2) is 4.39 Å². The van der Waals surface area contributed by atoms with Crippen LogP contribution in [0, 0.1) is 18.7 Å². The Morgan fingerprint density at radius 3 is 2.74 bits per heavy atom. The number of carbonyl (C=O) groups is 1. The first-order chi connectivity index (χ1) is 14.9. The van der Waals surface area contributed by atoms with Gasteiger partial charge in [0.2, 0.25) is 5.91 Å². The van der Waals surface area contributed by atoms with Gasteiger partial charge in [-0.2, -0.15) is 0 Å². The predicted molar refractivity (Wildman–Crippen MR) is 121 cm³/mol. The summed E-state index contributed by atoms with van der Waals surface area (Å²) in [5, 5.41) is 11.8. The van der Waals surface area contributed by atoms with Crippen LogP contribution in [0.15, 0.2) is 53.7 Å². The number of aromatic nitrogens is 3. The molecule has 0 bridgehead atoms. The highest BCUT2D eigenvalue weighted by atomic mass is 32.2. The lowest BCUT2D eigenvalue weighted by atomic mass is 10.2. The zero-order chi connectivity index (χ0) is 22.2. The Bertz CT molecular complexity index is 1020. The van der Waals surface area contributed by atoms with E-state index in [-0.39, 0.29) is 17.5 Å². The van der Waals surface area contributed by atoms with Crippen molar-refractivity contribution in [1.82, 2.24) is 20.1 Å². The zero-order valence-corrected chi connectivity index (χ0v) is 18.8. The van der Waals surface area contributed by atoms with E-state index in [0.717, 1.165) is 11.3 Å². The molecule has 0 atom stereocenters. The number of hydrogen-bond acceptors (Lipinski definition) is 5. The molecule has 8 heteroatoms. The molecular weight excluding hydrogens is 415 g/mol. The maximum absolute atomic E-state index is 14.3. The average Bonchev–Trinajstić information content (AvgIpc) is 3.11. The summed E-state index contributed by atoms with van der Waals surface area (Å²) in [5.74, 6) is 1.30. The molecule has 1 aromatic heterocycles. The monoisotopic (exact) mass is 442 g/mol. The van der Waals surface area contributed by atoms with E-state index in [4.69, 9.17) is 4.74 Å². The number of ether oxygens (including phenoxy) is 1. The molecule has 0 radical (unpaired) electrons. The van der Waals surface area contributed by atoms with Crippen molar-refractivity contribution in [1.29, 1.82) is 0 Å². The van der Waals surface area contributed by atoms with Crippen molar-refractivity contribution in [3.63, 3.8) is 0 Å². The topological polar surface area (TPSA) is 69.0 Å². The number of carbonyl (C=O) groups excluding carboxylic acids is 1. The Balaban J connectivity index is 1.55. The summed E-state index contributed by atoms with van der Waals surface area (Å²) < 4.78 is 21.8. The van der Waals surface area contributed by atoms with Crippen molar-refractivity contribution in [2.45, 2.75) is 32.5 Å². The fourth-order valence-electron chi connectivity index (χ4n) is 3.01. The van der Waals surface area contributed by atoms with Crippen molar-refractivity contribution >= 4 is 17.7 Å². The summed E-state index contributed by atoms with van der Waals surface area (Å²) >= 11 is 1.29. The van der Waals surface area contributed by atoms with E-state index in [9.17, 15) is 9.18 Å². The van der Waals surface area contributed by atoms with Crippen LogP contribution in [-0.2, 0) is 11.3 Å². The number of nitrogens with one attached hydrogen (secondary N) is 1. The third-order valence-corrected chi connectivity index (χ3v) is 5.36. The lowest BCUT2D eigenvalue weighted by molar-refractivity contribution is -0.118. The minimum absolute atomic E-state index is 0.121. The van der Waals surface area contributed by atoms with Crippen LogP contribution in [0.4, 0.5) is 4.39 Å². The minimum atomic E-state index is -0.345. The van der Waals surface area contributed by atoms with E-state index >= 15 is 0 Å². The first kappa shape index (κ1) is 22.8. The molecule has 1 heterocycles. The number of amides is 1. The molecular formula is C23H27FN4O2S. The largest absolute Gasteiger partial charge is 0.492 e. The molecule has 1 N–H and O–H groups in total. The van der Waals surface area contributed by atoms with E-state index in [1.807, 2.05) is 35.8 Å². The molecule has 0 unspecified atom stereocenters. The van der Waals surface area contributed by atoms with Gasteiger partial charge in [-0.05, 0) is 42.7 Å². The highest BCUT2D eigenvalue weighted by molar-refractivity contribution is 7.99. The number of rotatable bonds is 10. The van der Waals surface area contributed by atoms with Crippen LogP contribution in [0.1, 0.15) is 19.4 Å². The summed E-state index contributed by atoms with van der Waals surface area (Å²) in [6, 6.07) is 14.3. The summed E-state index contributed by atoms with van der Waals surface area (Å²) in [6.07, 6.45) is 0. The molecule has 164 valence electrons. The second kappa shape index (κ2) is 10.9. The molecule has 0 saturated heterocycles. The van der Waals surface area contributed by atoms with Gasteiger partial charge in [-0.3, -0.25) is 4.79 Å². The molecule has 0 spiro atoms.